The molecule has 0 aromatic rings. The summed E-state index contributed by atoms with van der Waals surface area (Å²) in [5.74, 6) is -0.541. The van der Waals surface area contributed by atoms with Crippen molar-refractivity contribution in [1.82, 2.24) is 10.4 Å². The topological polar surface area (TPSA) is 93.0 Å². The van der Waals surface area contributed by atoms with Crippen LogP contribution in [0.2, 0.25) is 6.32 Å². The van der Waals surface area contributed by atoms with E-state index in [0.717, 1.165) is 12.8 Å². The van der Waals surface area contributed by atoms with Crippen LogP contribution in [0.5, 0.6) is 0 Å². The van der Waals surface area contributed by atoms with Gasteiger partial charge in [-0.2, -0.15) is 0 Å². The molecule has 1 aliphatic heterocycles. The Balaban J connectivity index is 1.97. The van der Waals surface area contributed by atoms with Gasteiger partial charge in [0, 0.05) is 7.05 Å². The van der Waals surface area contributed by atoms with E-state index in [1.54, 1.807) is 0 Å². The number of rotatable bonds is 4. The number of hydrazine groups is 1. The summed E-state index contributed by atoms with van der Waals surface area (Å²) < 4.78 is 0. The molecule has 2 fully saturated rings. The molecule has 0 radical (unpaired) electrons. The lowest BCUT2D eigenvalue weighted by Gasteiger charge is -2.58. The van der Waals surface area contributed by atoms with Gasteiger partial charge < -0.3 is 15.2 Å². The molecule has 0 aromatic heterocycles. The first-order valence-corrected chi connectivity index (χ1v) is 6.06. The van der Waals surface area contributed by atoms with Gasteiger partial charge in [0.25, 0.3) is 0 Å². The molecule has 1 aliphatic carbocycles. The Labute approximate surface area is 101 Å². The van der Waals surface area contributed by atoms with Crippen molar-refractivity contribution >= 4 is 13.1 Å². The van der Waals surface area contributed by atoms with Crippen molar-refractivity contribution in [2.45, 2.75) is 43.6 Å². The summed E-state index contributed by atoms with van der Waals surface area (Å²) in [5.41, 5.74) is 2.16. The maximum Gasteiger partial charge on any atom is 0.451 e. The molecule has 6 nitrogen and oxygen atoms in total. The fraction of sp³-hybridized carbons (Fsp3) is 0.900. The van der Waals surface area contributed by atoms with Crippen molar-refractivity contribution < 1.29 is 19.9 Å². The van der Waals surface area contributed by atoms with E-state index in [9.17, 15) is 9.90 Å². The predicted molar refractivity (Wildman–Crippen MR) is 62.0 cm³/mol. The minimum atomic E-state index is -1.29. The first-order valence-electron chi connectivity index (χ1n) is 6.06. The summed E-state index contributed by atoms with van der Waals surface area (Å²) in [6.07, 6.45) is 3.37. The van der Waals surface area contributed by atoms with E-state index in [0.29, 0.717) is 19.2 Å². The van der Waals surface area contributed by atoms with E-state index < -0.39 is 18.6 Å². The Morgan fingerprint density at radius 2 is 2.24 bits per heavy atom. The molecule has 0 amide bonds. The molecule has 4 N–H and O–H groups in total. The lowest BCUT2D eigenvalue weighted by Crippen LogP contribution is -2.81. The molecule has 7 heteroatoms. The highest BCUT2D eigenvalue weighted by molar-refractivity contribution is 6.40. The summed E-state index contributed by atoms with van der Waals surface area (Å²) in [6.45, 7) is 0. The average molecular weight is 242 g/mol. The molecule has 1 saturated carbocycles. The van der Waals surface area contributed by atoms with Crippen molar-refractivity contribution in [2.24, 2.45) is 5.92 Å². The molecule has 0 bridgehead atoms. The van der Waals surface area contributed by atoms with Gasteiger partial charge in [-0.3, -0.25) is 4.79 Å². The lowest BCUT2D eigenvalue weighted by atomic mass is 9.66. The summed E-state index contributed by atoms with van der Waals surface area (Å²) in [7, 11) is 0.578. The van der Waals surface area contributed by atoms with Gasteiger partial charge in [0.15, 0.2) is 0 Å². The smallest absolute Gasteiger partial charge is 0.451 e. The number of carboxylic acids is 1. The second-order valence-electron chi connectivity index (χ2n) is 5.22. The maximum absolute atomic E-state index is 11.4. The van der Waals surface area contributed by atoms with Crippen molar-refractivity contribution in [3.05, 3.63) is 0 Å². The molecule has 17 heavy (non-hydrogen) atoms. The van der Waals surface area contributed by atoms with Crippen LogP contribution in [0.1, 0.15) is 25.7 Å². The van der Waals surface area contributed by atoms with Crippen LogP contribution in [-0.4, -0.2) is 51.9 Å². The fourth-order valence-electron chi connectivity index (χ4n) is 3.21. The number of aliphatic carboxylic acids is 1. The highest BCUT2D eigenvalue weighted by Gasteiger charge is 2.59. The number of fused-ring (bicyclic) bond motifs is 1. The average Bonchev–Trinajstić information content (AvgIpc) is 2.24. The Morgan fingerprint density at radius 1 is 1.53 bits per heavy atom. The first kappa shape index (κ1) is 12.8. The Kier molecular flexibility index (Phi) is 3.44. The molecule has 96 valence electrons. The summed E-state index contributed by atoms with van der Waals surface area (Å²) in [4.78, 5) is 11.4. The predicted octanol–water partition coefficient (Wildman–Crippen LogP) is -0.709. The molecule has 0 aromatic carbocycles. The number of likely N-dealkylation sites (N-methyl/N-ethyl adjacent to an activating group) is 1. The molecule has 1 saturated heterocycles. The number of hydrogen-bond acceptors (Lipinski definition) is 5. The standard InChI is InChI=1S/C10H19BN2O4/c1-13-8-3-2-7(4-5-11(16)17)6-10(8,12-13)9(14)15/h7-8,12,16-17H,2-6H2,1H3,(H,14,15). The van der Waals surface area contributed by atoms with Gasteiger partial charge in [-0.05, 0) is 31.5 Å². The van der Waals surface area contributed by atoms with Gasteiger partial charge >= 0.3 is 13.1 Å². The lowest BCUT2D eigenvalue weighted by molar-refractivity contribution is -0.179. The van der Waals surface area contributed by atoms with Crippen LogP contribution >= 0.6 is 0 Å². The number of carbonyl (C=O) groups is 1. The van der Waals surface area contributed by atoms with Crippen LogP contribution in [0, 0.1) is 5.92 Å². The van der Waals surface area contributed by atoms with Gasteiger partial charge in [0.1, 0.15) is 5.54 Å². The third kappa shape index (κ3) is 2.20. The Morgan fingerprint density at radius 3 is 2.76 bits per heavy atom. The molecule has 2 aliphatic rings. The second kappa shape index (κ2) is 4.57. The Bertz CT molecular complexity index is 315. The third-order valence-corrected chi connectivity index (χ3v) is 4.09. The van der Waals surface area contributed by atoms with E-state index in [1.807, 2.05) is 12.1 Å². The zero-order valence-corrected chi connectivity index (χ0v) is 9.96. The highest BCUT2D eigenvalue weighted by Crippen LogP contribution is 2.42. The highest BCUT2D eigenvalue weighted by atomic mass is 16.4. The number of nitrogens with zero attached hydrogens (tertiary/aromatic N) is 1. The molecule has 3 unspecified atom stereocenters. The minimum absolute atomic E-state index is 0.0651. The molecule has 1 heterocycles. The monoisotopic (exact) mass is 242 g/mol. The third-order valence-electron chi connectivity index (χ3n) is 4.09. The van der Waals surface area contributed by atoms with Crippen LogP contribution in [0.25, 0.3) is 0 Å². The van der Waals surface area contributed by atoms with E-state index in [2.05, 4.69) is 5.43 Å². The molecular weight excluding hydrogens is 223 g/mol. The molecular formula is C10H19BN2O4. The minimum Gasteiger partial charge on any atom is -0.480 e. The van der Waals surface area contributed by atoms with Crippen LogP contribution < -0.4 is 5.43 Å². The van der Waals surface area contributed by atoms with Crippen LogP contribution in [0.3, 0.4) is 0 Å². The summed E-state index contributed by atoms with van der Waals surface area (Å²) in [6, 6.07) is 0.0651. The number of nitrogens with one attached hydrogen (secondary N) is 1. The second-order valence-corrected chi connectivity index (χ2v) is 5.22. The SMILES string of the molecule is CN1NC2(C(=O)O)CC(CCB(O)O)CCC12. The Hall–Kier alpha value is -0.625. The van der Waals surface area contributed by atoms with Gasteiger partial charge in [-0.1, -0.05) is 6.42 Å². The van der Waals surface area contributed by atoms with E-state index in [4.69, 9.17) is 10.0 Å². The van der Waals surface area contributed by atoms with E-state index in [1.165, 1.54) is 0 Å². The normalized spacial score (nSPS) is 37.1. The first-order chi connectivity index (χ1) is 7.95. The maximum atomic E-state index is 11.4. The number of hydrogen-bond donors (Lipinski definition) is 4. The van der Waals surface area contributed by atoms with Gasteiger partial charge in [-0.25, -0.2) is 10.4 Å². The van der Waals surface area contributed by atoms with Crippen LogP contribution in [-0.2, 0) is 4.79 Å². The van der Waals surface area contributed by atoms with Crippen molar-refractivity contribution in [2.75, 3.05) is 7.05 Å². The van der Waals surface area contributed by atoms with Gasteiger partial charge in [-0.15, -0.1) is 0 Å². The quantitative estimate of drug-likeness (QED) is 0.487. The molecule has 0 spiro atoms. The molecule has 2 rings (SSSR count). The van der Waals surface area contributed by atoms with Crippen LogP contribution in [0.4, 0.5) is 0 Å². The van der Waals surface area contributed by atoms with Crippen LogP contribution in [0.15, 0.2) is 0 Å². The summed E-state index contributed by atoms with van der Waals surface area (Å²) in [5, 5.41) is 28.9. The van der Waals surface area contributed by atoms with Crippen molar-refractivity contribution in [1.29, 1.82) is 0 Å². The van der Waals surface area contributed by atoms with Gasteiger partial charge in [0.05, 0.1) is 6.04 Å². The largest absolute Gasteiger partial charge is 0.480 e. The zero-order valence-electron chi connectivity index (χ0n) is 9.96. The van der Waals surface area contributed by atoms with E-state index >= 15 is 0 Å². The van der Waals surface area contributed by atoms with E-state index in [-0.39, 0.29) is 12.0 Å². The van der Waals surface area contributed by atoms with Crippen molar-refractivity contribution in [3.63, 3.8) is 0 Å². The fourth-order valence-corrected chi connectivity index (χ4v) is 3.21. The van der Waals surface area contributed by atoms with Crippen molar-refractivity contribution in [3.8, 4) is 0 Å². The molecule has 3 atom stereocenters. The summed E-state index contributed by atoms with van der Waals surface area (Å²) >= 11 is 0. The van der Waals surface area contributed by atoms with Gasteiger partial charge in [0.2, 0.25) is 0 Å². The zero-order chi connectivity index (χ0) is 12.6. The number of carboxylic acid groups (broad SMARTS) is 1.